The van der Waals surface area contributed by atoms with Crippen molar-refractivity contribution in [3.05, 3.63) is 11.1 Å². The number of nitrogens with zero attached hydrogens (tertiary/aromatic N) is 1. The van der Waals surface area contributed by atoms with E-state index >= 15 is 0 Å². The molecular weight excluding hydrogens is 152 g/mol. The molecule has 0 fully saturated rings. The van der Waals surface area contributed by atoms with Gasteiger partial charge in [0.05, 0.1) is 8.48 Å². The molecular formula is C5H6N2O2S. The van der Waals surface area contributed by atoms with Crippen LogP contribution in [0.2, 0.25) is 0 Å². The molecule has 0 saturated carbocycles. The number of aromatic nitrogens is 1. The minimum atomic E-state index is -0.622. The molecule has 10 heavy (non-hydrogen) atoms. The molecule has 0 radical (unpaired) electrons. The van der Waals surface area contributed by atoms with Gasteiger partial charge in [0.15, 0.2) is 10.8 Å². The molecule has 0 amide bonds. The normalized spacial score (nSPS) is 10.7. The summed E-state index contributed by atoms with van der Waals surface area (Å²) in [7, 11) is 1.23. The van der Waals surface area contributed by atoms with Gasteiger partial charge in [-0.2, -0.15) is 0 Å². The minimum Gasteiger partial charge on any atom is -0.464 e. The Morgan fingerprint density at radius 2 is 2.80 bits per heavy atom. The van der Waals surface area contributed by atoms with Gasteiger partial charge in [0, 0.05) is 5.36 Å². The van der Waals surface area contributed by atoms with Gasteiger partial charge < -0.3 is 10.5 Å². The number of ether oxygens (including phenoxy) is 1. The third-order valence-corrected chi connectivity index (χ3v) is 1.45. The van der Waals surface area contributed by atoms with Gasteiger partial charge >= 0.3 is 5.97 Å². The van der Waals surface area contributed by atoms with Gasteiger partial charge in [-0.15, -0.1) is 11.3 Å². The van der Waals surface area contributed by atoms with Crippen LogP contribution in [0.5, 0.6) is 0 Å². The van der Waals surface area contributed by atoms with E-state index < -0.39 is 5.97 Å². The Morgan fingerprint density at radius 1 is 2.10 bits per heavy atom. The molecule has 1 aromatic rings. The number of rotatable bonds is 1. The number of esters is 1. The zero-order valence-corrected chi connectivity index (χ0v) is 6.07. The number of carbonyl (C=O) groups excluding carboxylic acids is 1. The Balaban J connectivity index is 3.03. The van der Waals surface area contributed by atoms with Crippen molar-refractivity contribution in [3.63, 3.8) is 0 Å². The van der Waals surface area contributed by atoms with Crippen molar-refractivity contribution in [2.24, 2.45) is 0 Å². The van der Waals surface area contributed by atoms with E-state index in [9.17, 15) is 4.79 Å². The number of anilines is 1. The third-order valence-electron chi connectivity index (χ3n) is 0.853. The lowest BCUT2D eigenvalue weighted by molar-refractivity contribution is 0.0595. The zero-order valence-electron chi connectivity index (χ0n) is 6.25. The highest BCUT2D eigenvalue weighted by Gasteiger charge is 2.07. The molecule has 0 aliphatic heterocycles. The monoisotopic (exact) mass is 159 g/mol. The standard InChI is InChI=1S/C5H6N2O2S/c1-9-4(8)3-2-10-5(6)7-3/h2H,1H3,(H2,6,7)/i2D. The van der Waals surface area contributed by atoms with E-state index in [1.165, 1.54) is 7.11 Å². The highest BCUT2D eigenvalue weighted by molar-refractivity contribution is 7.13. The van der Waals surface area contributed by atoms with Crippen LogP contribution >= 0.6 is 11.3 Å². The maximum absolute atomic E-state index is 10.8. The first-order valence-corrected chi connectivity index (χ1v) is 3.28. The fourth-order valence-electron chi connectivity index (χ4n) is 0.440. The number of carbonyl (C=O) groups is 1. The molecule has 0 aliphatic rings. The first kappa shape index (κ1) is 5.67. The van der Waals surface area contributed by atoms with Crippen LogP contribution in [0, 0.1) is 0 Å². The van der Waals surface area contributed by atoms with Crippen molar-refractivity contribution in [3.8, 4) is 0 Å². The smallest absolute Gasteiger partial charge is 0.357 e. The van der Waals surface area contributed by atoms with Crippen LogP contribution in [-0.2, 0) is 4.74 Å². The predicted octanol–water partition coefficient (Wildman–Crippen LogP) is 0.512. The Morgan fingerprint density at radius 3 is 3.20 bits per heavy atom. The van der Waals surface area contributed by atoms with E-state index in [1.807, 2.05) is 0 Å². The zero-order chi connectivity index (χ0) is 8.43. The van der Waals surface area contributed by atoms with Gasteiger partial charge in [0.1, 0.15) is 0 Å². The Labute approximate surface area is 63.0 Å². The summed E-state index contributed by atoms with van der Waals surface area (Å²) in [6, 6.07) is 0. The van der Waals surface area contributed by atoms with Crippen molar-refractivity contribution in [2.45, 2.75) is 0 Å². The molecule has 1 aromatic heterocycles. The molecule has 0 spiro atoms. The van der Waals surface area contributed by atoms with Crippen LogP contribution in [0.4, 0.5) is 5.13 Å². The maximum Gasteiger partial charge on any atom is 0.357 e. The van der Waals surface area contributed by atoms with Gasteiger partial charge in [-0.3, -0.25) is 0 Å². The number of hydrogen-bond acceptors (Lipinski definition) is 5. The number of nitrogen functional groups attached to an aromatic ring is 1. The van der Waals surface area contributed by atoms with E-state index in [0.717, 1.165) is 11.3 Å². The average molecular weight is 159 g/mol. The second-order valence-electron chi connectivity index (χ2n) is 1.49. The summed E-state index contributed by atoms with van der Waals surface area (Å²) in [6.45, 7) is 0. The van der Waals surface area contributed by atoms with Gasteiger partial charge in [-0.1, -0.05) is 0 Å². The third kappa shape index (κ3) is 1.24. The molecule has 54 valence electrons. The summed E-state index contributed by atoms with van der Waals surface area (Å²) in [5, 5.41) is 0.241. The Bertz CT molecular complexity index is 286. The molecule has 1 heterocycles. The first-order valence-electron chi connectivity index (χ1n) is 2.96. The minimum absolute atomic E-state index is 0.0185. The molecule has 0 atom stereocenters. The highest BCUT2D eigenvalue weighted by Crippen LogP contribution is 2.11. The SMILES string of the molecule is [2H]c1sc(N)nc1C(=O)OC. The molecule has 4 nitrogen and oxygen atoms in total. The highest BCUT2D eigenvalue weighted by atomic mass is 32.1. The summed E-state index contributed by atoms with van der Waals surface area (Å²) < 4.78 is 11.6. The summed E-state index contributed by atoms with van der Waals surface area (Å²) in [5.41, 5.74) is 5.23. The first-order chi connectivity index (χ1) is 5.15. The second kappa shape index (κ2) is 2.66. The molecule has 0 aromatic carbocycles. The van der Waals surface area contributed by atoms with Gasteiger partial charge in [-0.05, 0) is 0 Å². The summed E-state index contributed by atoms with van der Waals surface area (Å²) >= 11 is 0.945. The van der Waals surface area contributed by atoms with Crippen molar-refractivity contribution >= 4 is 22.4 Å². The molecule has 0 bridgehead atoms. The van der Waals surface area contributed by atoms with Crippen LogP contribution in [0.15, 0.2) is 5.36 Å². The molecule has 0 saturated heterocycles. The largest absolute Gasteiger partial charge is 0.464 e. The maximum atomic E-state index is 10.8. The summed E-state index contributed by atoms with van der Waals surface area (Å²) in [4.78, 5) is 14.4. The van der Waals surface area contributed by atoms with Crippen LogP contribution < -0.4 is 5.73 Å². The van der Waals surface area contributed by atoms with Crippen LogP contribution in [0.3, 0.4) is 0 Å². The Kier molecular flexibility index (Phi) is 1.51. The Hall–Kier alpha value is -1.10. The van der Waals surface area contributed by atoms with Gasteiger partial charge in [-0.25, -0.2) is 9.78 Å². The topological polar surface area (TPSA) is 65.2 Å². The lowest BCUT2D eigenvalue weighted by atomic mass is 10.5. The number of thiazole rings is 1. The summed E-state index contributed by atoms with van der Waals surface area (Å²) in [6.07, 6.45) is 0. The van der Waals surface area contributed by atoms with Crippen LogP contribution in [0.1, 0.15) is 11.9 Å². The predicted molar refractivity (Wildman–Crippen MR) is 37.9 cm³/mol. The fourth-order valence-corrected chi connectivity index (χ4v) is 0.908. The average Bonchev–Trinajstić information content (AvgIpc) is 2.28. The van der Waals surface area contributed by atoms with Gasteiger partial charge in [0.2, 0.25) is 0 Å². The number of methoxy groups -OCH3 is 1. The van der Waals surface area contributed by atoms with E-state index in [1.54, 1.807) is 0 Å². The van der Waals surface area contributed by atoms with Gasteiger partial charge in [0.25, 0.3) is 0 Å². The number of nitrogens with two attached hydrogens (primary N) is 1. The quantitative estimate of drug-likeness (QED) is 0.606. The van der Waals surface area contributed by atoms with E-state index in [-0.39, 0.29) is 16.2 Å². The van der Waals surface area contributed by atoms with E-state index in [2.05, 4.69) is 9.72 Å². The molecule has 1 rings (SSSR count). The van der Waals surface area contributed by atoms with E-state index in [4.69, 9.17) is 7.10 Å². The van der Waals surface area contributed by atoms with E-state index in [0.29, 0.717) is 0 Å². The lowest BCUT2D eigenvalue weighted by Gasteiger charge is -1.89. The second-order valence-corrected chi connectivity index (χ2v) is 2.32. The van der Waals surface area contributed by atoms with Crippen molar-refractivity contribution in [2.75, 3.05) is 12.8 Å². The van der Waals surface area contributed by atoms with Crippen molar-refractivity contribution in [1.82, 2.24) is 4.98 Å². The molecule has 5 heteroatoms. The summed E-state index contributed by atoms with van der Waals surface area (Å²) in [5.74, 6) is -0.622. The molecule has 0 aliphatic carbocycles. The molecule has 0 unspecified atom stereocenters. The van der Waals surface area contributed by atoms with Crippen molar-refractivity contribution in [1.29, 1.82) is 0 Å². The van der Waals surface area contributed by atoms with Crippen LogP contribution in [-0.4, -0.2) is 18.1 Å². The van der Waals surface area contributed by atoms with Crippen molar-refractivity contribution < 1.29 is 10.9 Å². The fraction of sp³-hybridized carbons (Fsp3) is 0.200. The number of hydrogen-bond donors (Lipinski definition) is 1. The molecule has 2 N–H and O–H groups in total. The van der Waals surface area contributed by atoms with Crippen LogP contribution in [0.25, 0.3) is 0 Å². The lowest BCUT2D eigenvalue weighted by Crippen LogP contribution is -2.01.